The number of nitrogens with zero attached hydrogens (tertiary/aromatic N) is 3. The van der Waals surface area contributed by atoms with Crippen molar-refractivity contribution < 1.29 is 4.79 Å². The van der Waals surface area contributed by atoms with E-state index in [1.165, 1.54) is 0 Å². The molecule has 0 aromatic rings. The van der Waals surface area contributed by atoms with E-state index < -0.39 is 0 Å². The molecule has 22 heavy (non-hydrogen) atoms. The van der Waals surface area contributed by atoms with E-state index in [0.717, 1.165) is 36.8 Å². The van der Waals surface area contributed by atoms with Crippen molar-refractivity contribution in [3.8, 4) is 0 Å². The van der Waals surface area contributed by atoms with E-state index in [1.807, 2.05) is 18.7 Å². The number of hydrogen-bond donors (Lipinski definition) is 1. The van der Waals surface area contributed by atoms with E-state index in [4.69, 9.17) is 0 Å². The van der Waals surface area contributed by atoms with Gasteiger partial charge in [-0.15, -0.1) is 24.0 Å². The number of thioether (sulfide) groups is 1. The molecule has 1 saturated heterocycles. The van der Waals surface area contributed by atoms with Gasteiger partial charge in [0.2, 0.25) is 5.91 Å². The second kappa shape index (κ2) is 11.2. The summed E-state index contributed by atoms with van der Waals surface area (Å²) in [4.78, 5) is 20.1. The lowest BCUT2D eigenvalue weighted by Gasteiger charge is -2.34. The molecule has 5 nitrogen and oxygen atoms in total. The van der Waals surface area contributed by atoms with Gasteiger partial charge in [-0.1, -0.05) is 19.1 Å². The molecule has 0 aromatic heterocycles. The number of carbonyl (C=O) groups excluding carboxylic acids is 1. The van der Waals surface area contributed by atoms with Crippen LogP contribution in [0.1, 0.15) is 20.3 Å². The maximum atomic E-state index is 11.7. The zero-order valence-corrected chi connectivity index (χ0v) is 17.2. The summed E-state index contributed by atoms with van der Waals surface area (Å²) in [7, 11) is 3.51. The molecular weight excluding hydrogens is 411 g/mol. The predicted octanol–water partition coefficient (Wildman–Crippen LogP) is 2.04. The summed E-state index contributed by atoms with van der Waals surface area (Å²) in [5.74, 6) is 1.95. The van der Waals surface area contributed by atoms with Crippen LogP contribution in [0.5, 0.6) is 0 Å². The van der Waals surface area contributed by atoms with Crippen molar-refractivity contribution in [2.75, 3.05) is 46.0 Å². The molecule has 1 N–H and O–H groups in total. The average Bonchev–Trinajstić information content (AvgIpc) is 2.46. The van der Waals surface area contributed by atoms with Gasteiger partial charge in [-0.05, 0) is 13.3 Å². The fourth-order valence-corrected chi connectivity index (χ4v) is 3.12. The second-order valence-corrected chi connectivity index (χ2v) is 6.99. The first kappa shape index (κ1) is 21.6. The van der Waals surface area contributed by atoms with E-state index in [1.54, 1.807) is 19.0 Å². The average molecular weight is 440 g/mol. The lowest BCUT2D eigenvalue weighted by Crippen LogP contribution is -2.48. The number of rotatable bonds is 5. The first-order valence-corrected chi connectivity index (χ1v) is 8.48. The van der Waals surface area contributed by atoms with Crippen molar-refractivity contribution in [3.63, 3.8) is 0 Å². The van der Waals surface area contributed by atoms with Crippen LogP contribution in [-0.2, 0) is 4.79 Å². The van der Waals surface area contributed by atoms with E-state index in [0.29, 0.717) is 11.8 Å². The molecule has 1 unspecified atom stereocenters. The Kier molecular flexibility index (Phi) is 10.9. The maximum absolute atomic E-state index is 11.7. The van der Waals surface area contributed by atoms with Gasteiger partial charge in [0.1, 0.15) is 6.54 Å². The quantitative estimate of drug-likeness (QED) is 0.308. The van der Waals surface area contributed by atoms with Crippen molar-refractivity contribution in [3.05, 3.63) is 12.2 Å². The zero-order chi connectivity index (χ0) is 15.8. The van der Waals surface area contributed by atoms with Crippen LogP contribution >= 0.6 is 35.7 Å². The van der Waals surface area contributed by atoms with Crippen LogP contribution in [0.4, 0.5) is 0 Å². The number of hydrogen-bond acceptors (Lipinski definition) is 3. The summed E-state index contributed by atoms with van der Waals surface area (Å²) in [6, 6.07) is 0. The van der Waals surface area contributed by atoms with Gasteiger partial charge in [-0.2, -0.15) is 11.8 Å². The first-order chi connectivity index (χ1) is 9.93. The molecule has 0 radical (unpaired) electrons. The molecule has 0 aromatic carbocycles. The highest BCUT2D eigenvalue weighted by atomic mass is 127. The Morgan fingerprint density at radius 3 is 2.73 bits per heavy atom. The van der Waals surface area contributed by atoms with Crippen LogP contribution in [0.3, 0.4) is 0 Å². The number of aliphatic imine (C=N–C) groups is 1. The van der Waals surface area contributed by atoms with Gasteiger partial charge in [-0.3, -0.25) is 4.79 Å². The van der Waals surface area contributed by atoms with E-state index in [-0.39, 0.29) is 36.4 Å². The van der Waals surface area contributed by atoms with Crippen molar-refractivity contribution in [1.82, 2.24) is 15.1 Å². The van der Waals surface area contributed by atoms with E-state index >= 15 is 0 Å². The van der Waals surface area contributed by atoms with Crippen molar-refractivity contribution in [1.29, 1.82) is 0 Å². The van der Waals surface area contributed by atoms with Crippen LogP contribution in [0.15, 0.2) is 17.1 Å². The highest BCUT2D eigenvalue weighted by Crippen LogP contribution is 2.21. The topological polar surface area (TPSA) is 47.9 Å². The summed E-state index contributed by atoms with van der Waals surface area (Å²) in [6.07, 6.45) is 1.16. The maximum Gasteiger partial charge on any atom is 0.243 e. The molecular formula is C15H29IN4OS. The van der Waals surface area contributed by atoms with Gasteiger partial charge in [-0.25, -0.2) is 4.99 Å². The third-order valence-electron chi connectivity index (χ3n) is 3.30. The fourth-order valence-electron chi connectivity index (χ4n) is 1.94. The van der Waals surface area contributed by atoms with Crippen molar-refractivity contribution in [2.45, 2.75) is 25.5 Å². The summed E-state index contributed by atoms with van der Waals surface area (Å²) < 4.78 is 0. The summed E-state index contributed by atoms with van der Waals surface area (Å²) in [5.41, 5.74) is 1.06. The minimum absolute atomic E-state index is 0. The normalized spacial score (nSPS) is 18.5. The molecule has 128 valence electrons. The lowest BCUT2D eigenvalue weighted by molar-refractivity contribution is -0.127. The van der Waals surface area contributed by atoms with Crippen LogP contribution in [0.2, 0.25) is 0 Å². The predicted molar refractivity (Wildman–Crippen MR) is 107 cm³/mol. The molecule has 1 rings (SSSR count). The molecule has 1 heterocycles. The largest absolute Gasteiger partial charge is 0.353 e. The molecule has 1 fully saturated rings. The van der Waals surface area contributed by atoms with Crippen LogP contribution in [0.25, 0.3) is 0 Å². The number of carbonyl (C=O) groups is 1. The Morgan fingerprint density at radius 2 is 2.18 bits per heavy atom. The van der Waals surface area contributed by atoms with Gasteiger partial charge < -0.3 is 15.1 Å². The van der Waals surface area contributed by atoms with Crippen molar-refractivity contribution in [2.24, 2.45) is 4.99 Å². The standard InChI is InChI=1S/C15H28N4OS.HI/c1-6-13-11-19(7-8-21-13)15(16-9-12(2)3)17-10-14(20)18(4)5;/h13H,2,6-11H2,1,3-5H3,(H,16,17);1H. The Morgan fingerprint density at radius 1 is 1.50 bits per heavy atom. The van der Waals surface area contributed by atoms with E-state index in [9.17, 15) is 4.79 Å². The third kappa shape index (κ3) is 7.71. The third-order valence-corrected chi connectivity index (χ3v) is 4.68. The van der Waals surface area contributed by atoms with Crippen LogP contribution < -0.4 is 5.32 Å². The Bertz CT molecular complexity index is 401. The lowest BCUT2D eigenvalue weighted by atomic mass is 10.3. The Labute approximate surface area is 156 Å². The molecule has 7 heteroatoms. The minimum Gasteiger partial charge on any atom is -0.353 e. The zero-order valence-electron chi connectivity index (χ0n) is 14.1. The number of nitrogens with one attached hydrogen (secondary N) is 1. The molecule has 1 aliphatic heterocycles. The van der Waals surface area contributed by atoms with Crippen molar-refractivity contribution >= 4 is 47.6 Å². The van der Waals surface area contributed by atoms with Gasteiger partial charge >= 0.3 is 0 Å². The van der Waals surface area contributed by atoms with Gasteiger partial charge in [0, 0.05) is 44.7 Å². The molecule has 1 amide bonds. The summed E-state index contributed by atoms with van der Waals surface area (Å²) in [6.45, 7) is 10.9. The fraction of sp³-hybridized carbons (Fsp3) is 0.733. The number of amides is 1. The van der Waals surface area contributed by atoms with Gasteiger partial charge in [0.15, 0.2) is 5.96 Å². The highest BCUT2D eigenvalue weighted by Gasteiger charge is 2.21. The molecule has 1 aliphatic rings. The molecule has 0 spiro atoms. The number of halogens is 1. The Hall–Kier alpha value is -0.440. The SMILES string of the molecule is C=C(C)CNC(=NCC(=O)N(C)C)N1CCSC(CC)C1.I. The number of guanidine groups is 1. The van der Waals surface area contributed by atoms with E-state index in [2.05, 4.69) is 28.7 Å². The molecule has 1 atom stereocenters. The molecule has 0 bridgehead atoms. The molecule has 0 saturated carbocycles. The van der Waals surface area contributed by atoms with Crippen LogP contribution in [-0.4, -0.2) is 72.9 Å². The summed E-state index contributed by atoms with van der Waals surface area (Å²) >= 11 is 2.02. The smallest absolute Gasteiger partial charge is 0.243 e. The Balaban J connectivity index is 0.00000441. The second-order valence-electron chi connectivity index (χ2n) is 5.59. The monoisotopic (exact) mass is 440 g/mol. The minimum atomic E-state index is 0. The summed E-state index contributed by atoms with van der Waals surface area (Å²) in [5, 5.41) is 3.96. The van der Waals surface area contributed by atoms with Crippen LogP contribution in [0, 0.1) is 0 Å². The number of likely N-dealkylation sites (N-methyl/N-ethyl adjacent to an activating group) is 1. The van der Waals surface area contributed by atoms with Gasteiger partial charge in [0.05, 0.1) is 0 Å². The highest BCUT2D eigenvalue weighted by molar-refractivity contribution is 14.0. The first-order valence-electron chi connectivity index (χ1n) is 7.43. The van der Waals surface area contributed by atoms with Gasteiger partial charge in [0.25, 0.3) is 0 Å². The molecule has 0 aliphatic carbocycles.